The topological polar surface area (TPSA) is 47.6 Å². The molecule has 0 aliphatic rings. The zero-order valence-corrected chi connectivity index (χ0v) is 13.2. The lowest BCUT2D eigenvalue weighted by Crippen LogP contribution is -2.27. The second-order valence-corrected chi connectivity index (χ2v) is 5.65. The fraction of sp³-hybridized carbons (Fsp3) is 0.312. The van der Waals surface area contributed by atoms with Gasteiger partial charge in [-0.1, -0.05) is 12.1 Å². The van der Waals surface area contributed by atoms with Crippen LogP contribution < -0.4 is 14.8 Å². The van der Waals surface area contributed by atoms with Gasteiger partial charge in [-0.3, -0.25) is 4.79 Å². The summed E-state index contributed by atoms with van der Waals surface area (Å²) in [4.78, 5) is 13.2. The molecule has 0 aliphatic heterocycles. The Hall–Kier alpha value is -2.01. The molecule has 0 unspecified atom stereocenters. The van der Waals surface area contributed by atoms with Crippen LogP contribution in [-0.4, -0.2) is 20.1 Å². The Kier molecular flexibility index (Phi) is 5.22. The number of hydrogen-bond acceptors (Lipinski definition) is 4. The van der Waals surface area contributed by atoms with Crippen molar-refractivity contribution in [3.8, 4) is 11.5 Å². The highest BCUT2D eigenvalue weighted by Gasteiger charge is 2.12. The van der Waals surface area contributed by atoms with Crippen LogP contribution in [0, 0.1) is 0 Å². The van der Waals surface area contributed by atoms with Gasteiger partial charge in [0.05, 0.1) is 26.7 Å². The van der Waals surface area contributed by atoms with E-state index < -0.39 is 0 Å². The van der Waals surface area contributed by atoms with Crippen molar-refractivity contribution in [3.63, 3.8) is 0 Å². The monoisotopic (exact) mass is 305 g/mol. The first kappa shape index (κ1) is 15.4. The van der Waals surface area contributed by atoms with E-state index in [0.717, 1.165) is 10.4 Å². The first-order valence-corrected chi connectivity index (χ1v) is 7.55. The molecule has 1 atom stereocenters. The molecule has 1 heterocycles. The van der Waals surface area contributed by atoms with E-state index in [4.69, 9.17) is 9.47 Å². The minimum absolute atomic E-state index is 0.0110. The summed E-state index contributed by atoms with van der Waals surface area (Å²) in [6.45, 7) is 1.98. The fourth-order valence-corrected chi connectivity index (χ4v) is 2.81. The predicted molar refractivity (Wildman–Crippen MR) is 84.1 cm³/mol. The zero-order chi connectivity index (χ0) is 15.2. The molecule has 2 aromatic rings. The molecule has 0 saturated carbocycles. The van der Waals surface area contributed by atoms with Crippen molar-refractivity contribution < 1.29 is 14.3 Å². The number of carbonyl (C=O) groups is 1. The molecular formula is C16H19NO3S. The van der Waals surface area contributed by atoms with Crippen LogP contribution in [0.4, 0.5) is 0 Å². The molecule has 0 saturated heterocycles. The number of hydrogen-bond donors (Lipinski definition) is 1. The molecule has 1 N–H and O–H groups in total. The molecule has 1 aromatic carbocycles. The molecule has 0 aliphatic carbocycles. The molecule has 2 rings (SSSR count). The van der Waals surface area contributed by atoms with Crippen LogP contribution in [0.2, 0.25) is 0 Å². The van der Waals surface area contributed by atoms with Gasteiger partial charge in [0.1, 0.15) is 0 Å². The Balaban J connectivity index is 1.99. The molecule has 21 heavy (non-hydrogen) atoms. The Labute approximate surface area is 128 Å². The van der Waals surface area contributed by atoms with Gasteiger partial charge in [-0.2, -0.15) is 0 Å². The number of rotatable bonds is 6. The fourth-order valence-electron chi connectivity index (χ4n) is 2.08. The molecule has 5 heteroatoms. The summed E-state index contributed by atoms with van der Waals surface area (Å²) in [6, 6.07) is 9.54. The standard InChI is InChI=1S/C16H19NO3S/c1-11(15-5-4-8-21-15)17-16(18)10-12-6-7-13(19-2)14(9-12)20-3/h4-9,11H,10H2,1-3H3,(H,17,18)/t11-/m1/s1. The third-order valence-electron chi connectivity index (χ3n) is 3.16. The lowest BCUT2D eigenvalue weighted by Gasteiger charge is -2.13. The van der Waals surface area contributed by atoms with Gasteiger partial charge in [0.15, 0.2) is 11.5 Å². The molecule has 1 amide bonds. The average molecular weight is 305 g/mol. The largest absolute Gasteiger partial charge is 0.493 e. The lowest BCUT2D eigenvalue weighted by atomic mass is 10.1. The Morgan fingerprint density at radius 2 is 2.00 bits per heavy atom. The summed E-state index contributed by atoms with van der Waals surface area (Å²) < 4.78 is 10.4. The Morgan fingerprint density at radius 3 is 2.62 bits per heavy atom. The van der Waals surface area contributed by atoms with Gasteiger partial charge in [-0.25, -0.2) is 0 Å². The molecule has 0 bridgehead atoms. The molecular weight excluding hydrogens is 286 g/mol. The van der Waals surface area contributed by atoms with E-state index in [0.29, 0.717) is 17.9 Å². The third kappa shape index (κ3) is 3.98. The van der Waals surface area contributed by atoms with Gasteiger partial charge in [0.2, 0.25) is 5.91 Å². The zero-order valence-electron chi connectivity index (χ0n) is 12.4. The van der Waals surface area contributed by atoms with E-state index in [1.54, 1.807) is 25.6 Å². The molecule has 112 valence electrons. The van der Waals surface area contributed by atoms with E-state index >= 15 is 0 Å². The number of methoxy groups -OCH3 is 2. The van der Waals surface area contributed by atoms with Crippen LogP contribution in [-0.2, 0) is 11.2 Å². The van der Waals surface area contributed by atoms with E-state index in [9.17, 15) is 4.79 Å². The van der Waals surface area contributed by atoms with E-state index in [1.807, 2.05) is 42.6 Å². The lowest BCUT2D eigenvalue weighted by molar-refractivity contribution is -0.121. The van der Waals surface area contributed by atoms with Crippen LogP contribution in [0.15, 0.2) is 35.7 Å². The first-order valence-electron chi connectivity index (χ1n) is 6.67. The van der Waals surface area contributed by atoms with Crippen molar-refractivity contribution in [1.29, 1.82) is 0 Å². The summed E-state index contributed by atoms with van der Waals surface area (Å²) in [5.74, 6) is 1.28. The summed E-state index contributed by atoms with van der Waals surface area (Å²) in [5, 5.41) is 5.00. The molecule has 4 nitrogen and oxygen atoms in total. The maximum Gasteiger partial charge on any atom is 0.224 e. The second kappa shape index (κ2) is 7.13. The SMILES string of the molecule is COc1ccc(CC(=O)N[C@H](C)c2cccs2)cc1OC. The minimum Gasteiger partial charge on any atom is -0.493 e. The van der Waals surface area contributed by atoms with E-state index in [2.05, 4.69) is 5.32 Å². The van der Waals surface area contributed by atoms with Crippen molar-refractivity contribution in [2.24, 2.45) is 0 Å². The number of thiophene rings is 1. The number of carbonyl (C=O) groups excluding carboxylic acids is 1. The van der Waals surface area contributed by atoms with Crippen LogP contribution in [0.1, 0.15) is 23.4 Å². The average Bonchev–Trinajstić information content (AvgIpc) is 3.01. The third-order valence-corrected chi connectivity index (χ3v) is 4.22. The summed E-state index contributed by atoms with van der Waals surface area (Å²) in [5.41, 5.74) is 0.892. The first-order chi connectivity index (χ1) is 10.1. The van der Waals surface area contributed by atoms with Crippen molar-refractivity contribution in [3.05, 3.63) is 46.2 Å². The van der Waals surface area contributed by atoms with Gasteiger partial charge in [-0.05, 0) is 36.1 Å². The van der Waals surface area contributed by atoms with Gasteiger partial charge >= 0.3 is 0 Å². The molecule has 0 spiro atoms. The highest BCUT2D eigenvalue weighted by atomic mass is 32.1. The highest BCUT2D eigenvalue weighted by Crippen LogP contribution is 2.27. The molecule has 1 aromatic heterocycles. The number of benzene rings is 1. The maximum absolute atomic E-state index is 12.1. The highest BCUT2D eigenvalue weighted by molar-refractivity contribution is 7.10. The van der Waals surface area contributed by atoms with Crippen LogP contribution in [0.3, 0.4) is 0 Å². The van der Waals surface area contributed by atoms with Gasteiger partial charge in [0.25, 0.3) is 0 Å². The van der Waals surface area contributed by atoms with Crippen molar-refractivity contribution >= 4 is 17.2 Å². The minimum atomic E-state index is -0.0110. The van der Waals surface area contributed by atoms with E-state index in [1.165, 1.54) is 0 Å². The Morgan fingerprint density at radius 1 is 1.24 bits per heavy atom. The second-order valence-electron chi connectivity index (χ2n) is 4.67. The summed E-state index contributed by atoms with van der Waals surface area (Å²) in [6.07, 6.45) is 0.316. The van der Waals surface area contributed by atoms with Crippen LogP contribution in [0.25, 0.3) is 0 Å². The van der Waals surface area contributed by atoms with Crippen LogP contribution in [0.5, 0.6) is 11.5 Å². The predicted octanol–water partition coefficient (Wildman–Crippen LogP) is 3.19. The number of amides is 1. The van der Waals surface area contributed by atoms with Crippen LogP contribution >= 0.6 is 11.3 Å². The summed E-state index contributed by atoms with van der Waals surface area (Å²) >= 11 is 1.64. The number of nitrogens with one attached hydrogen (secondary N) is 1. The number of ether oxygens (including phenoxy) is 2. The van der Waals surface area contributed by atoms with Crippen molar-refractivity contribution in [2.45, 2.75) is 19.4 Å². The van der Waals surface area contributed by atoms with Gasteiger partial charge in [-0.15, -0.1) is 11.3 Å². The van der Waals surface area contributed by atoms with Gasteiger partial charge < -0.3 is 14.8 Å². The molecule has 0 fully saturated rings. The van der Waals surface area contributed by atoms with Crippen molar-refractivity contribution in [1.82, 2.24) is 5.32 Å². The van der Waals surface area contributed by atoms with Crippen molar-refractivity contribution in [2.75, 3.05) is 14.2 Å². The quantitative estimate of drug-likeness (QED) is 0.891. The maximum atomic E-state index is 12.1. The summed E-state index contributed by atoms with van der Waals surface area (Å²) in [7, 11) is 3.17. The molecule has 0 radical (unpaired) electrons. The smallest absolute Gasteiger partial charge is 0.224 e. The normalized spacial score (nSPS) is 11.8. The van der Waals surface area contributed by atoms with Gasteiger partial charge in [0, 0.05) is 4.88 Å². The van der Waals surface area contributed by atoms with E-state index in [-0.39, 0.29) is 11.9 Å². The Bertz CT molecular complexity index is 596.